The summed E-state index contributed by atoms with van der Waals surface area (Å²) in [7, 11) is 0. The summed E-state index contributed by atoms with van der Waals surface area (Å²) in [4.78, 5) is 14.3. The first-order chi connectivity index (χ1) is 12.2. The fourth-order valence-corrected chi connectivity index (χ4v) is 3.16. The smallest absolute Gasteiger partial charge is 0.391 e. The molecule has 0 spiro atoms. The fourth-order valence-electron chi connectivity index (χ4n) is 2.91. The molecule has 0 bridgehead atoms. The maximum atomic E-state index is 12.9. The van der Waals surface area contributed by atoms with Crippen molar-refractivity contribution in [3.05, 3.63) is 51.4 Å². The van der Waals surface area contributed by atoms with E-state index < -0.39 is 23.4 Å². The van der Waals surface area contributed by atoms with Crippen LogP contribution in [0.1, 0.15) is 18.9 Å². The van der Waals surface area contributed by atoms with E-state index in [0.29, 0.717) is 18.8 Å². The second-order valence-corrected chi connectivity index (χ2v) is 6.77. The van der Waals surface area contributed by atoms with E-state index in [1.165, 1.54) is 18.3 Å². The molecule has 0 amide bonds. The molecule has 1 aliphatic rings. The van der Waals surface area contributed by atoms with Crippen molar-refractivity contribution in [1.82, 2.24) is 9.78 Å². The molecular formula is C17H17ClF3N3O2. The maximum Gasteiger partial charge on any atom is 0.416 e. The van der Waals surface area contributed by atoms with Gasteiger partial charge in [0, 0.05) is 13.1 Å². The molecule has 2 unspecified atom stereocenters. The van der Waals surface area contributed by atoms with E-state index in [0.717, 1.165) is 23.2 Å². The number of rotatable bonds is 2. The van der Waals surface area contributed by atoms with Gasteiger partial charge in [-0.05, 0) is 30.5 Å². The van der Waals surface area contributed by atoms with Gasteiger partial charge in [0.25, 0.3) is 5.56 Å². The normalized spacial score (nSPS) is 21.1. The lowest BCUT2D eigenvalue weighted by atomic mass is 9.96. The molecule has 5 nitrogen and oxygen atoms in total. The molecule has 0 saturated carbocycles. The Balaban J connectivity index is 1.97. The first kappa shape index (κ1) is 18.7. The molecule has 1 saturated heterocycles. The van der Waals surface area contributed by atoms with Crippen molar-refractivity contribution in [2.75, 3.05) is 18.0 Å². The van der Waals surface area contributed by atoms with Crippen LogP contribution in [0.15, 0.2) is 35.3 Å². The van der Waals surface area contributed by atoms with E-state index in [-0.39, 0.29) is 16.6 Å². The highest BCUT2D eigenvalue weighted by molar-refractivity contribution is 6.33. The number of anilines is 1. The molecule has 140 valence electrons. The van der Waals surface area contributed by atoms with Crippen molar-refractivity contribution >= 4 is 17.3 Å². The lowest BCUT2D eigenvalue weighted by Crippen LogP contribution is -2.43. The lowest BCUT2D eigenvalue weighted by Gasteiger charge is -2.35. The number of benzene rings is 1. The molecule has 2 aromatic rings. The quantitative estimate of drug-likeness (QED) is 0.860. The van der Waals surface area contributed by atoms with Crippen LogP contribution in [0.4, 0.5) is 18.9 Å². The van der Waals surface area contributed by atoms with Gasteiger partial charge in [0.15, 0.2) is 0 Å². The summed E-state index contributed by atoms with van der Waals surface area (Å²) in [5.74, 6) is 0.142. The average Bonchev–Trinajstić information content (AvgIpc) is 2.59. The van der Waals surface area contributed by atoms with Crippen molar-refractivity contribution < 1.29 is 18.3 Å². The van der Waals surface area contributed by atoms with Crippen molar-refractivity contribution in [2.45, 2.75) is 25.6 Å². The van der Waals surface area contributed by atoms with Crippen LogP contribution in [0.5, 0.6) is 0 Å². The third-order valence-corrected chi connectivity index (χ3v) is 4.93. The number of aliphatic hydroxyl groups excluding tert-OH is 1. The summed E-state index contributed by atoms with van der Waals surface area (Å²) >= 11 is 6.18. The highest BCUT2D eigenvalue weighted by atomic mass is 35.5. The fraction of sp³-hybridized carbons (Fsp3) is 0.412. The summed E-state index contributed by atoms with van der Waals surface area (Å²) in [5, 5.41) is 13.9. The minimum absolute atomic E-state index is 0.0226. The van der Waals surface area contributed by atoms with Crippen molar-refractivity contribution in [2.24, 2.45) is 5.92 Å². The van der Waals surface area contributed by atoms with Gasteiger partial charge in [-0.1, -0.05) is 24.6 Å². The molecule has 26 heavy (non-hydrogen) atoms. The number of nitrogens with zero attached hydrogens (tertiary/aromatic N) is 3. The Morgan fingerprint density at radius 2 is 2.08 bits per heavy atom. The Morgan fingerprint density at radius 1 is 1.35 bits per heavy atom. The standard InChI is InChI=1S/C17H17ClF3N3O2/c1-10-5-6-23(9-14(10)25)13-8-22-24(16(26)15(13)18)12-4-2-3-11(7-12)17(19,20)21/h2-4,7-8,10,14,25H,5-6,9H2,1H3. The molecule has 1 fully saturated rings. The number of alkyl halides is 3. The maximum absolute atomic E-state index is 12.9. The number of hydrogen-bond acceptors (Lipinski definition) is 4. The third kappa shape index (κ3) is 3.57. The summed E-state index contributed by atoms with van der Waals surface area (Å²) in [5.41, 5.74) is -1.25. The molecule has 1 N–H and O–H groups in total. The largest absolute Gasteiger partial charge is 0.416 e. The van der Waals surface area contributed by atoms with E-state index in [4.69, 9.17) is 11.6 Å². The zero-order valence-corrected chi connectivity index (χ0v) is 14.6. The summed E-state index contributed by atoms with van der Waals surface area (Å²) < 4.78 is 39.5. The van der Waals surface area contributed by atoms with E-state index in [1.54, 1.807) is 4.90 Å². The van der Waals surface area contributed by atoms with Gasteiger partial charge in [-0.2, -0.15) is 23.0 Å². The molecule has 9 heteroatoms. The van der Waals surface area contributed by atoms with Gasteiger partial charge in [0.05, 0.1) is 29.2 Å². The van der Waals surface area contributed by atoms with Gasteiger partial charge in [-0.15, -0.1) is 0 Å². The number of aromatic nitrogens is 2. The van der Waals surface area contributed by atoms with Crippen molar-refractivity contribution in [3.63, 3.8) is 0 Å². The third-order valence-electron chi connectivity index (χ3n) is 4.58. The second kappa shape index (κ2) is 6.92. The van der Waals surface area contributed by atoms with Gasteiger partial charge in [0.1, 0.15) is 5.02 Å². The van der Waals surface area contributed by atoms with Gasteiger partial charge in [-0.25, -0.2) is 0 Å². The molecular weight excluding hydrogens is 371 g/mol. The minimum Gasteiger partial charge on any atom is -0.391 e. The molecule has 0 aliphatic carbocycles. The Hall–Kier alpha value is -2.06. The summed E-state index contributed by atoms with van der Waals surface area (Å²) in [6.45, 7) is 2.86. The molecule has 1 aromatic heterocycles. The monoisotopic (exact) mass is 387 g/mol. The van der Waals surface area contributed by atoms with Crippen molar-refractivity contribution in [3.8, 4) is 5.69 Å². The van der Waals surface area contributed by atoms with Crippen LogP contribution in [0.3, 0.4) is 0 Å². The molecule has 0 radical (unpaired) electrons. The zero-order valence-electron chi connectivity index (χ0n) is 13.9. The predicted molar refractivity (Wildman–Crippen MR) is 91.8 cm³/mol. The number of piperidine rings is 1. The molecule has 1 aliphatic heterocycles. The van der Waals surface area contributed by atoms with Gasteiger partial charge >= 0.3 is 6.18 Å². The highest BCUT2D eigenvalue weighted by Crippen LogP contribution is 2.31. The minimum atomic E-state index is -4.52. The first-order valence-electron chi connectivity index (χ1n) is 8.07. The van der Waals surface area contributed by atoms with Crippen molar-refractivity contribution in [1.29, 1.82) is 0 Å². The van der Waals surface area contributed by atoms with E-state index in [1.807, 2.05) is 6.92 Å². The van der Waals surface area contributed by atoms with Crippen LogP contribution in [-0.2, 0) is 6.18 Å². The molecule has 2 atom stereocenters. The zero-order chi connectivity index (χ0) is 19.1. The SMILES string of the molecule is CC1CCN(c2cnn(-c3cccc(C(F)(F)F)c3)c(=O)c2Cl)CC1O. The lowest BCUT2D eigenvalue weighted by molar-refractivity contribution is -0.137. The first-order valence-corrected chi connectivity index (χ1v) is 8.44. The Morgan fingerprint density at radius 3 is 2.73 bits per heavy atom. The van der Waals surface area contributed by atoms with Gasteiger partial charge < -0.3 is 10.0 Å². The van der Waals surface area contributed by atoms with Gasteiger partial charge in [0.2, 0.25) is 0 Å². The molecule has 2 heterocycles. The van der Waals surface area contributed by atoms with Gasteiger partial charge in [-0.3, -0.25) is 4.79 Å². The topological polar surface area (TPSA) is 58.4 Å². The van der Waals surface area contributed by atoms with Crippen LogP contribution in [0.2, 0.25) is 5.02 Å². The number of hydrogen-bond donors (Lipinski definition) is 1. The molecule has 3 rings (SSSR count). The van der Waals surface area contributed by atoms with Crippen LogP contribution >= 0.6 is 11.6 Å². The second-order valence-electron chi connectivity index (χ2n) is 6.39. The number of aliphatic hydroxyl groups is 1. The average molecular weight is 388 g/mol. The number of halogens is 4. The molecule has 1 aromatic carbocycles. The van der Waals surface area contributed by atoms with E-state index >= 15 is 0 Å². The summed E-state index contributed by atoms with van der Waals surface area (Å²) in [6, 6.07) is 4.32. The Bertz CT molecular complexity index is 869. The Labute approximate surface area is 152 Å². The highest BCUT2D eigenvalue weighted by Gasteiger charge is 2.31. The van der Waals surface area contributed by atoms with Crippen LogP contribution in [0, 0.1) is 5.92 Å². The van der Waals surface area contributed by atoms with Crippen LogP contribution in [0.25, 0.3) is 5.69 Å². The van der Waals surface area contributed by atoms with E-state index in [9.17, 15) is 23.1 Å². The van der Waals surface area contributed by atoms with E-state index in [2.05, 4.69) is 5.10 Å². The number of β-amino-alcohol motifs (C(OH)–C–C–N with tert-alkyl or cyclic N) is 1. The predicted octanol–water partition coefficient (Wildman–Crippen LogP) is 3.11. The van der Waals surface area contributed by atoms with Crippen LogP contribution < -0.4 is 10.5 Å². The Kier molecular flexibility index (Phi) is 4.98. The summed E-state index contributed by atoms with van der Waals surface area (Å²) in [6.07, 6.45) is -3.00. The van der Waals surface area contributed by atoms with Crippen LogP contribution in [-0.4, -0.2) is 34.1 Å².